The number of ether oxygens (including phenoxy) is 2. The second-order valence-corrected chi connectivity index (χ2v) is 21.7. The third-order valence-corrected chi connectivity index (χ3v) is 16.1. The molecule has 2 N–H and O–H groups in total. The molecule has 0 radical (unpaired) electrons. The van der Waals surface area contributed by atoms with E-state index in [9.17, 15) is 46.0 Å². The van der Waals surface area contributed by atoms with Crippen LogP contribution in [0.1, 0.15) is 91.6 Å². The number of nitriles is 1. The third-order valence-electron chi connectivity index (χ3n) is 16.1. The van der Waals surface area contributed by atoms with Crippen molar-refractivity contribution in [3.05, 3.63) is 83.2 Å². The number of anilines is 2. The van der Waals surface area contributed by atoms with Crippen LogP contribution in [-0.2, 0) is 48.1 Å². The van der Waals surface area contributed by atoms with Crippen LogP contribution in [-0.4, -0.2) is 120 Å². The molecule has 2 aromatic carbocycles. The quantitative estimate of drug-likeness (QED) is 0.126. The molecule has 0 bridgehead atoms. The number of aromatic nitrogens is 8. The highest BCUT2D eigenvalue weighted by Crippen LogP contribution is 2.40. The van der Waals surface area contributed by atoms with Crippen molar-refractivity contribution in [2.45, 2.75) is 90.9 Å². The summed E-state index contributed by atoms with van der Waals surface area (Å²) in [6.07, 6.45) is -0.230. The number of benzene rings is 2. The standard InChI is InChI=1S/C27H30F3N7O3.C27H28F3N7O2/c1-15-12-35(7-6-18(15)25(39)36-8-9-37-22(13-36)33-34-26(37)27(28,29)30)23-19-5-4-17(40-14-16-2-3-16)10-21(19)32-11-20(23)24(31)38;1-16-13-35(24-18(11-31)12-32-22-10-19(4-5-21(22)24)39-15-17-2-3-17)7-6-20(16)25(38)36-8-9-37-23(14-36)33-34-26(37)27(28,29)30/h4-5,10-11,15-16,18H,2-3,6-9,12-14H2,1H3,(H2,31,38);4-5,10,12,16-17,20H,2-3,6-9,13-15H2,1H3/t15-,18+;16-,20+/m11/s1. The Kier molecular flexibility index (Phi) is 14.2. The van der Waals surface area contributed by atoms with Crippen molar-refractivity contribution in [1.29, 1.82) is 5.26 Å². The van der Waals surface area contributed by atoms with Crippen molar-refractivity contribution in [3.8, 4) is 17.6 Å². The summed E-state index contributed by atoms with van der Waals surface area (Å²) < 4.78 is 93.0. The zero-order valence-corrected chi connectivity index (χ0v) is 43.5. The van der Waals surface area contributed by atoms with Crippen molar-refractivity contribution in [3.63, 3.8) is 0 Å². The van der Waals surface area contributed by atoms with Gasteiger partial charge in [-0.2, -0.15) is 31.6 Å². The number of alkyl halides is 6. The highest BCUT2D eigenvalue weighted by atomic mass is 19.4. The summed E-state index contributed by atoms with van der Waals surface area (Å²) in [7, 11) is 0. The van der Waals surface area contributed by atoms with E-state index in [0.29, 0.717) is 86.4 Å². The first-order valence-electron chi connectivity index (χ1n) is 26.7. The molecule has 6 aromatic rings. The monoisotopic (exact) mass is 1100 g/mol. The number of piperidine rings is 2. The molecule has 3 amide bonds. The van der Waals surface area contributed by atoms with Crippen molar-refractivity contribution in [1.82, 2.24) is 49.3 Å². The molecule has 19 nitrogen and oxygen atoms in total. The average Bonchev–Trinajstić information content (AvgIpc) is 4.44. The summed E-state index contributed by atoms with van der Waals surface area (Å²) in [5.41, 5.74) is 9.45. The molecule has 25 heteroatoms. The van der Waals surface area contributed by atoms with Gasteiger partial charge < -0.3 is 43.9 Å². The fourth-order valence-corrected chi connectivity index (χ4v) is 11.4. The van der Waals surface area contributed by atoms with Crippen LogP contribution < -0.4 is 25.0 Å². The van der Waals surface area contributed by atoms with E-state index in [4.69, 9.17) is 15.2 Å². The molecule has 4 fully saturated rings. The van der Waals surface area contributed by atoms with Crippen molar-refractivity contribution >= 4 is 50.9 Å². The van der Waals surface area contributed by atoms with E-state index < -0.39 is 29.9 Å². The highest BCUT2D eigenvalue weighted by molar-refractivity contribution is 6.07. The summed E-state index contributed by atoms with van der Waals surface area (Å²) in [5.74, 6) is -0.538. The maximum atomic E-state index is 13.5. The molecule has 4 aliphatic heterocycles. The van der Waals surface area contributed by atoms with Gasteiger partial charge in [-0.05, 0) is 86.5 Å². The Bertz CT molecular complexity index is 3370. The predicted molar refractivity (Wildman–Crippen MR) is 273 cm³/mol. The number of nitrogens with two attached hydrogens (primary N) is 1. The topological polar surface area (TPSA) is 220 Å². The maximum absolute atomic E-state index is 13.5. The van der Waals surface area contributed by atoms with E-state index in [0.717, 1.165) is 42.6 Å². The molecule has 2 aliphatic carbocycles. The maximum Gasteiger partial charge on any atom is 0.451 e. The predicted octanol–water partition coefficient (Wildman–Crippen LogP) is 7.25. The Morgan fingerprint density at radius 3 is 1.52 bits per heavy atom. The molecule has 0 spiro atoms. The van der Waals surface area contributed by atoms with E-state index >= 15 is 0 Å². The van der Waals surface area contributed by atoms with Gasteiger partial charge in [0.25, 0.3) is 5.91 Å². The van der Waals surface area contributed by atoms with Crippen LogP contribution in [0.3, 0.4) is 0 Å². The Balaban J connectivity index is 0.000000167. The number of primary amides is 1. The lowest BCUT2D eigenvalue weighted by molar-refractivity contribution is -0.149. The Morgan fingerprint density at radius 1 is 0.633 bits per heavy atom. The second-order valence-electron chi connectivity index (χ2n) is 21.7. The van der Waals surface area contributed by atoms with Gasteiger partial charge in [0, 0.05) is 99.5 Å². The molecule has 2 saturated carbocycles. The molecule has 12 rings (SSSR count). The summed E-state index contributed by atoms with van der Waals surface area (Å²) in [4.78, 5) is 55.7. The number of hydrogen-bond donors (Lipinski definition) is 1. The van der Waals surface area contributed by atoms with E-state index in [1.807, 2.05) is 50.2 Å². The number of nitrogens with zero attached hydrogens (tertiary/aromatic N) is 13. The van der Waals surface area contributed by atoms with Gasteiger partial charge >= 0.3 is 12.4 Å². The summed E-state index contributed by atoms with van der Waals surface area (Å²) in [6.45, 7) is 7.82. The van der Waals surface area contributed by atoms with E-state index in [1.54, 1.807) is 16.0 Å². The van der Waals surface area contributed by atoms with Crippen LogP contribution in [0.4, 0.5) is 37.7 Å². The largest absolute Gasteiger partial charge is 0.493 e. The zero-order chi connectivity index (χ0) is 55.5. The first-order valence-corrected chi connectivity index (χ1v) is 26.7. The molecule has 0 unspecified atom stereocenters. The summed E-state index contributed by atoms with van der Waals surface area (Å²) >= 11 is 0. The van der Waals surface area contributed by atoms with E-state index in [2.05, 4.69) is 46.2 Å². The Morgan fingerprint density at radius 2 is 1.09 bits per heavy atom. The zero-order valence-electron chi connectivity index (χ0n) is 43.5. The lowest BCUT2D eigenvalue weighted by Crippen LogP contribution is -2.49. The number of carbonyl (C=O) groups is 3. The lowest BCUT2D eigenvalue weighted by atomic mass is 9.85. The first-order chi connectivity index (χ1) is 37.8. The van der Waals surface area contributed by atoms with Gasteiger partial charge in [0.05, 0.1) is 59.8 Å². The van der Waals surface area contributed by atoms with Crippen LogP contribution in [0.2, 0.25) is 0 Å². The first kappa shape index (κ1) is 53.2. The van der Waals surface area contributed by atoms with Crippen LogP contribution in [0, 0.1) is 46.8 Å². The minimum atomic E-state index is -4.59. The molecule has 416 valence electrons. The van der Waals surface area contributed by atoms with Crippen LogP contribution in [0.5, 0.6) is 11.5 Å². The van der Waals surface area contributed by atoms with E-state index in [1.165, 1.54) is 31.9 Å². The average molecular weight is 1100 g/mol. The van der Waals surface area contributed by atoms with Crippen molar-refractivity contribution in [2.75, 3.05) is 62.3 Å². The number of hydrogen-bond acceptors (Lipinski definition) is 14. The molecular weight excluding hydrogens is 1040 g/mol. The van der Waals surface area contributed by atoms with Gasteiger partial charge in [0.2, 0.25) is 23.5 Å². The highest BCUT2D eigenvalue weighted by Gasteiger charge is 2.44. The fraction of sp³-hybridized carbons (Fsp3) is 0.519. The van der Waals surface area contributed by atoms with Crippen molar-refractivity contribution in [2.24, 2.45) is 41.2 Å². The number of carbonyl (C=O) groups excluding carboxylic acids is 3. The van der Waals surface area contributed by atoms with Gasteiger partial charge in [0.1, 0.15) is 17.6 Å². The van der Waals surface area contributed by atoms with Gasteiger partial charge in [-0.3, -0.25) is 24.4 Å². The van der Waals surface area contributed by atoms with Gasteiger partial charge in [0.15, 0.2) is 11.6 Å². The number of pyridine rings is 2. The fourth-order valence-electron chi connectivity index (χ4n) is 11.4. The van der Waals surface area contributed by atoms with Gasteiger partial charge in [-0.1, -0.05) is 13.8 Å². The number of halogens is 6. The minimum Gasteiger partial charge on any atom is -0.493 e. The minimum absolute atomic E-state index is 0.00647. The molecule has 2 saturated heterocycles. The SMILES string of the molecule is C[C@@H]1CN(c2c(C#N)cnc3cc(OCC4CC4)ccc23)CC[C@@H]1C(=O)N1CCn2c(nnc2C(F)(F)F)C1.C[C@@H]1CN(c2c(C(N)=O)cnc3cc(OCC4CC4)ccc23)CC[C@@H]1C(=O)N1CCn2c(nnc2C(F)(F)F)C1. The molecule has 4 aromatic heterocycles. The number of rotatable bonds is 11. The summed E-state index contributed by atoms with van der Waals surface area (Å²) in [5, 5.41) is 25.5. The Labute approximate surface area is 449 Å². The third kappa shape index (κ3) is 11.0. The molecule has 8 heterocycles. The normalized spacial score (nSPS) is 21.5. The second kappa shape index (κ2) is 21.1. The van der Waals surface area contributed by atoms with Gasteiger partial charge in [-0.25, -0.2) is 0 Å². The smallest absolute Gasteiger partial charge is 0.451 e. The van der Waals surface area contributed by atoms with Crippen LogP contribution in [0.15, 0.2) is 48.8 Å². The van der Waals surface area contributed by atoms with Crippen molar-refractivity contribution < 1.29 is 50.2 Å². The molecule has 79 heavy (non-hydrogen) atoms. The lowest BCUT2D eigenvalue weighted by Gasteiger charge is -2.41. The molecule has 4 atom stereocenters. The number of amides is 3. The van der Waals surface area contributed by atoms with Crippen LogP contribution in [0.25, 0.3) is 21.8 Å². The van der Waals surface area contributed by atoms with E-state index in [-0.39, 0.29) is 86.4 Å². The number of fused-ring (bicyclic) bond motifs is 4. The summed E-state index contributed by atoms with van der Waals surface area (Å²) in [6, 6.07) is 13.7. The van der Waals surface area contributed by atoms with Crippen LogP contribution >= 0.6 is 0 Å². The van der Waals surface area contributed by atoms with Gasteiger partial charge in [-0.15, -0.1) is 20.4 Å². The molecule has 6 aliphatic rings. The Hall–Kier alpha value is -7.78. The molecular formula is C54H58F6N14O5.